The van der Waals surface area contributed by atoms with Crippen molar-refractivity contribution >= 4 is 23.4 Å². The molecular formula is C21H19ClF2N2O4. The third-order valence-corrected chi connectivity index (χ3v) is 4.69. The number of nitrogens with one attached hydrogen (secondary N) is 2. The average molecular weight is 437 g/mol. The number of carbonyl (C=O) groups excluding carboxylic acids is 2. The van der Waals surface area contributed by atoms with E-state index in [9.17, 15) is 18.4 Å². The van der Waals surface area contributed by atoms with E-state index in [1.807, 2.05) is 0 Å². The van der Waals surface area contributed by atoms with Gasteiger partial charge in [-0.1, -0.05) is 23.4 Å². The van der Waals surface area contributed by atoms with Crippen LogP contribution in [0.4, 0.5) is 8.78 Å². The van der Waals surface area contributed by atoms with Crippen LogP contribution in [0.5, 0.6) is 0 Å². The summed E-state index contributed by atoms with van der Waals surface area (Å²) in [5, 5.41) is 11.6. The molecule has 2 rings (SSSR count). The van der Waals surface area contributed by atoms with E-state index in [1.165, 1.54) is 17.6 Å². The van der Waals surface area contributed by atoms with E-state index in [0.717, 1.165) is 19.6 Å². The molecule has 0 spiro atoms. The number of amides is 2. The van der Waals surface area contributed by atoms with E-state index in [0.29, 0.717) is 10.6 Å². The molecule has 30 heavy (non-hydrogen) atoms. The lowest BCUT2D eigenvalue weighted by molar-refractivity contribution is -0.157. The van der Waals surface area contributed by atoms with E-state index in [2.05, 4.69) is 17.2 Å². The predicted octanol–water partition coefficient (Wildman–Crippen LogP) is 3.01. The van der Waals surface area contributed by atoms with Crippen molar-refractivity contribution in [1.29, 1.82) is 0 Å². The summed E-state index contributed by atoms with van der Waals surface area (Å²) in [6, 6.07) is 11.1. The number of ether oxygens (including phenoxy) is 1. The van der Waals surface area contributed by atoms with Gasteiger partial charge in [0.05, 0.1) is 0 Å². The van der Waals surface area contributed by atoms with Crippen molar-refractivity contribution in [2.75, 3.05) is 7.11 Å². The van der Waals surface area contributed by atoms with Crippen LogP contribution in [0.2, 0.25) is 5.02 Å². The fourth-order valence-electron chi connectivity index (χ4n) is 2.46. The minimum atomic E-state index is -3.12. The number of hydroxylamine groups is 1. The van der Waals surface area contributed by atoms with Crippen LogP contribution in [-0.4, -0.2) is 42.2 Å². The largest absolute Gasteiger partial charge is 0.370 e. The Morgan fingerprint density at radius 2 is 1.57 bits per heavy atom. The summed E-state index contributed by atoms with van der Waals surface area (Å²) in [6.07, 6.45) is -3.12. The van der Waals surface area contributed by atoms with Gasteiger partial charge in [-0.2, -0.15) is 0 Å². The molecule has 0 radical (unpaired) electrons. The molecule has 2 amide bonds. The number of carbonyl (C=O) groups is 2. The van der Waals surface area contributed by atoms with Crippen LogP contribution in [0.1, 0.15) is 28.4 Å². The summed E-state index contributed by atoms with van der Waals surface area (Å²) >= 11 is 5.82. The summed E-state index contributed by atoms with van der Waals surface area (Å²) in [7, 11) is 0.976. The van der Waals surface area contributed by atoms with E-state index >= 15 is 0 Å². The van der Waals surface area contributed by atoms with Crippen molar-refractivity contribution in [2.45, 2.75) is 25.0 Å². The molecule has 2 aromatic carbocycles. The first-order valence-corrected chi connectivity index (χ1v) is 9.05. The van der Waals surface area contributed by atoms with Crippen molar-refractivity contribution in [2.24, 2.45) is 0 Å². The molecule has 2 aromatic rings. The maximum absolute atomic E-state index is 13.4. The molecule has 1 unspecified atom stereocenters. The molecule has 0 heterocycles. The Morgan fingerprint density at radius 3 is 2.00 bits per heavy atom. The van der Waals surface area contributed by atoms with Gasteiger partial charge in [-0.15, -0.1) is 0 Å². The van der Waals surface area contributed by atoms with Crippen LogP contribution in [0.25, 0.3) is 0 Å². The van der Waals surface area contributed by atoms with Crippen molar-refractivity contribution in [1.82, 2.24) is 10.8 Å². The molecule has 0 aliphatic heterocycles. The molecule has 158 valence electrons. The third kappa shape index (κ3) is 5.54. The highest BCUT2D eigenvalue weighted by atomic mass is 35.5. The molecule has 2 atom stereocenters. The van der Waals surface area contributed by atoms with Gasteiger partial charge in [0, 0.05) is 28.8 Å². The highest BCUT2D eigenvalue weighted by molar-refractivity contribution is 6.30. The summed E-state index contributed by atoms with van der Waals surface area (Å²) in [5.74, 6) is 3.82. The Hall–Kier alpha value is -2.99. The van der Waals surface area contributed by atoms with Crippen molar-refractivity contribution in [3.63, 3.8) is 0 Å². The number of hydrogen-bond acceptors (Lipinski definition) is 4. The first-order chi connectivity index (χ1) is 14.2. The topological polar surface area (TPSA) is 87.7 Å². The Bertz CT molecular complexity index is 956. The molecule has 0 aromatic heterocycles. The van der Waals surface area contributed by atoms with Gasteiger partial charge in [-0.25, -0.2) is 14.3 Å². The maximum Gasteiger partial charge on any atom is 0.269 e. The SMILES string of the molecule is COC(C)(C(F)F)[C@H](NC(=O)c1ccc(C#Cc2ccc(Cl)cc2)cc1)C(=O)NO. The quantitative estimate of drug-likeness (QED) is 0.369. The summed E-state index contributed by atoms with van der Waals surface area (Å²) in [6.45, 7) is 0.952. The average Bonchev–Trinajstić information content (AvgIpc) is 2.76. The molecule has 0 saturated carbocycles. The predicted molar refractivity (Wildman–Crippen MR) is 106 cm³/mol. The first-order valence-electron chi connectivity index (χ1n) is 8.67. The van der Waals surface area contributed by atoms with Crippen molar-refractivity contribution < 1.29 is 28.3 Å². The zero-order chi connectivity index (χ0) is 22.3. The zero-order valence-corrected chi connectivity index (χ0v) is 16.8. The zero-order valence-electron chi connectivity index (χ0n) is 16.1. The lowest BCUT2D eigenvalue weighted by atomic mass is 9.95. The maximum atomic E-state index is 13.4. The molecule has 6 nitrogen and oxygen atoms in total. The van der Waals surface area contributed by atoms with E-state index in [4.69, 9.17) is 21.5 Å². The number of hydrogen-bond donors (Lipinski definition) is 3. The number of rotatable bonds is 6. The number of halogens is 3. The highest BCUT2D eigenvalue weighted by Crippen LogP contribution is 2.24. The normalized spacial score (nSPS) is 13.6. The van der Waals surface area contributed by atoms with Gasteiger partial charge >= 0.3 is 0 Å². The van der Waals surface area contributed by atoms with Gasteiger partial charge in [0.15, 0.2) is 5.60 Å². The molecule has 0 fully saturated rings. The van der Waals surface area contributed by atoms with E-state index in [1.54, 1.807) is 36.4 Å². The van der Waals surface area contributed by atoms with Crippen LogP contribution >= 0.6 is 11.6 Å². The van der Waals surface area contributed by atoms with Gasteiger partial charge < -0.3 is 10.1 Å². The van der Waals surface area contributed by atoms with Gasteiger partial charge in [0.2, 0.25) is 0 Å². The summed E-state index contributed by atoms with van der Waals surface area (Å²) in [5.41, 5.74) is 0.386. The fourth-order valence-corrected chi connectivity index (χ4v) is 2.59. The summed E-state index contributed by atoms with van der Waals surface area (Å²) < 4.78 is 31.6. The van der Waals surface area contributed by atoms with Crippen molar-refractivity contribution in [3.05, 3.63) is 70.2 Å². The molecular weight excluding hydrogens is 418 g/mol. The van der Waals surface area contributed by atoms with Gasteiger partial charge in [0.25, 0.3) is 18.2 Å². The molecule has 0 aliphatic rings. The van der Waals surface area contributed by atoms with Gasteiger partial charge in [-0.05, 0) is 55.5 Å². The first kappa shape index (κ1) is 23.3. The van der Waals surface area contributed by atoms with Crippen LogP contribution in [0, 0.1) is 11.8 Å². The Morgan fingerprint density at radius 1 is 1.07 bits per heavy atom. The second-order valence-corrected chi connectivity index (χ2v) is 6.84. The number of benzene rings is 2. The monoisotopic (exact) mass is 436 g/mol. The Labute approximate surface area is 177 Å². The molecule has 0 saturated heterocycles. The summed E-state index contributed by atoms with van der Waals surface area (Å²) in [4.78, 5) is 24.3. The third-order valence-electron chi connectivity index (χ3n) is 4.44. The Kier molecular flexibility index (Phi) is 7.89. The smallest absolute Gasteiger partial charge is 0.269 e. The minimum absolute atomic E-state index is 0.107. The standard InChI is InChI=1S/C21H19ClF2N2O4/c1-21(30-2,20(23)24)17(19(28)26-29)25-18(27)15-9-5-13(6-10-15)3-4-14-7-11-16(22)12-8-14/h5-12,17,20,29H,1-2H3,(H,25,27)(H,26,28)/t17-,21?/m1/s1. The highest BCUT2D eigenvalue weighted by Gasteiger charge is 2.48. The lowest BCUT2D eigenvalue weighted by Gasteiger charge is -2.34. The van der Waals surface area contributed by atoms with Gasteiger partial charge in [0.1, 0.15) is 6.04 Å². The van der Waals surface area contributed by atoms with E-state index < -0.39 is 29.9 Å². The van der Waals surface area contributed by atoms with Crippen LogP contribution in [0.3, 0.4) is 0 Å². The van der Waals surface area contributed by atoms with Crippen molar-refractivity contribution in [3.8, 4) is 11.8 Å². The fraction of sp³-hybridized carbons (Fsp3) is 0.238. The van der Waals surface area contributed by atoms with Gasteiger partial charge in [-0.3, -0.25) is 14.8 Å². The number of methoxy groups -OCH3 is 1. The van der Waals surface area contributed by atoms with E-state index in [-0.39, 0.29) is 5.56 Å². The lowest BCUT2D eigenvalue weighted by Crippen LogP contribution is -2.62. The minimum Gasteiger partial charge on any atom is -0.370 e. The van der Waals surface area contributed by atoms with Crippen LogP contribution < -0.4 is 10.8 Å². The molecule has 0 aliphatic carbocycles. The second kappa shape index (κ2) is 10.2. The molecule has 0 bridgehead atoms. The van der Waals surface area contributed by atoms with Crippen LogP contribution in [0.15, 0.2) is 48.5 Å². The van der Waals surface area contributed by atoms with Crippen LogP contribution in [-0.2, 0) is 9.53 Å². The molecule has 3 N–H and O–H groups in total. The molecule has 9 heteroatoms. The Balaban J connectivity index is 2.18. The second-order valence-electron chi connectivity index (χ2n) is 6.41. The number of alkyl halides is 2.